The quantitative estimate of drug-likeness (QED) is 0.691. The molecule has 0 aromatic heterocycles. The first-order chi connectivity index (χ1) is 6.54. The predicted octanol–water partition coefficient (Wildman–Crippen LogP) is 3.99. The van der Waals surface area contributed by atoms with E-state index in [4.69, 9.17) is 5.26 Å². The molecule has 14 heavy (non-hydrogen) atoms. The first-order valence-corrected chi connectivity index (χ1v) is 5.19. The van der Waals surface area contributed by atoms with Gasteiger partial charge in [-0.3, -0.25) is 0 Å². The lowest BCUT2D eigenvalue weighted by Gasteiger charge is -2.04. The molecule has 0 radical (unpaired) electrons. The first kappa shape index (κ1) is 11.0. The molecule has 0 heterocycles. The van der Waals surface area contributed by atoms with Crippen LogP contribution in [0.5, 0.6) is 0 Å². The van der Waals surface area contributed by atoms with Crippen molar-refractivity contribution in [3.05, 3.63) is 38.9 Å². The van der Waals surface area contributed by atoms with Gasteiger partial charge in [0.2, 0.25) is 0 Å². The fraction of sp³-hybridized carbons (Fsp3) is 0.250. The summed E-state index contributed by atoms with van der Waals surface area (Å²) in [5.74, 6) is 0. The molecule has 0 saturated heterocycles. The highest BCUT2D eigenvalue weighted by atomic mass is 79.9. The SMILES string of the molecule is CC(C#N)=Cc1cc(C)c(Br)c(C)c1. The number of rotatable bonds is 1. The maximum Gasteiger partial charge on any atom is 0.0944 e. The van der Waals surface area contributed by atoms with Crippen LogP contribution < -0.4 is 0 Å². The van der Waals surface area contributed by atoms with Gasteiger partial charge in [-0.15, -0.1) is 0 Å². The summed E-state index contributed by atoms with van der Waals surface area (Å²) in [6, 6.07) is 6.25. The Labute approximate surface area is 93.2 Å². The van der Waals surface area contributed by atoms with Crippen molar-refractivity contribution in [1.29, 1.82) is 5.26 Å². The molecule has 0 aliphatic carbocycles. The third-order valence-electron chi connectivity index (χ3n) is 2.02. The van der Waals surface area contributed by atoms with Gasteiger partial charge >= 0.3 is 0 Å². The summed E-state index contributed by atoms with van der Waals surface area (Å²) in [6.07, 6.45) is 1.90. The average molecular weight is 250 g/mol. The van der Waals surface area contributed by atoms with Crippen LogP contribution in [-0.4, -0.2) is 0 Å². The fourth-order valence-corrected chi connectivity index (χ4v) is 1.57. The van der Waals surface area contributed by atoms with E-state index < -0.39 is 0 Å². The lowest BCUT2D eigenvalue weighted by atomic mass is 10.1. The van der Waals surface area contributed by atoms with Gasteiger partial charge in [0.05, 0.1) is 6.07 Å². The van der Waals surface area contributed by atoms with Gasteiger partial charge in [-0.2, -0.15) is 5.26 Å². The molecule has 0 saturated carbocycles. The molecule has 0 bridgehead atoms. The van der Waals surface area contributed by atoms with Gasteiger partial charge in [0.15, 0.2) is 0 Å². The summed E-state index contributed by atoms with van der Waals surface area (Å²) in [7, 11) is 0. The van der Waals surface area contributed by atoms with Gasteiger partial charge in [0.1, 0.15) is 0 Å². The molecule has 2 heteroatoms. The molecule has 0 spiro atoms. The number of benzene rings is 1. The number of hydrogen-bond donors (Lipinski definition) is 0. The van der Waals surface area contributed by atoms with E-state index in [2.05, 4.69) is 48.0 Å². The molecular weight excluding hydrogens is 238 g/mol. The van der Waals surface area contributed by atoms with Crippen molar-refractivity contribution in [2.75, 3.05) is 0 Å². The summed E-state index contributed by atoms with van der Waals surface area (Å²) < 4.78 is 1.14. The zero-order valence-corrected chi connectivity index (χ0v) is 10.1. The maximum absolute atomic E-state index is 8.66. The normalized spacial score (nSPS) is 11.2. The second-order valence-corrected chi connectivity index (χ2v) is 4.20. The van der Waals surface area contributed by atoms with E-state index in [9.17, 15) is 0 Å². The molecule has 1 nitrogen and oxygen atoms in total. The Morgan fingerprint density at radius 1 is 1.36 bits per heavy atom. The molecule has 0 N–H and O–H groups in total. The third-order valence-corrected chi connectivity index (χ3v) is 3.27. The van der Waals surface area contributed by atoms with Crippen LogP contribution >= 0.6 is 15.9 Å². The Morgan fingerprint density at radius 3 is 2.29 bits per heavy atom. The highest BCUT2D eigenvalue weighted by Crippen LogP contribution is 2.23. The molecule has 1 rings (SSSR count). The molecule has 0 atom stereocenters. The number of nitriles is 1. The summed E-state index contributed by atoms with van der Waals surface area (Å²) in [6.45, 7) is 5.92. The Morgan fingerprint density at radius 2 is 1.86 bits per heavy atom. The Balaban J connectivity index is 3.21. The van der Waals surface area contributed by atoms with Crippen molar-refractivity contribution in [3.63, 3.8) is 0 Å². The largest absolute Gasteiger partial charge is 0.193 e. The maximum atomic E-state index is 8.66. The second-order valence-electron chi connectivity index (χ2n) is 3.41. The van der Waals surface area contributed by atoms with Gasteiger partial charge in [-0.1, -0.05) is 28.1 Å². The predicted molar refractivity (Wildman–Crippen MR) is 62.9 cm³/mol. The standard InChI is InChI=1S/C12H12BrN/c1-8(7-14)4-11-5-9(2)12(13)10(3)6-11/h4-6H,1-3H3. The number of aryl methyl sites for hydroxylation is 2. The monoisotopic (exact) mass is 249 g/mol. The van der Waals surface area contributed by atoms with Crippen molar-refractivity contribution >= 4 is 22.0 Å². The van der Waals surface area contributed by atoms with Crippen LogP contribution in [0.3, 0.4) is 0 Å². The topological polar surface area (TPSA) is 23.8 Å². The van der Waals surface area contributed by atoms with Crippen LogP contribution in [0.2, 0.25) is 0 Å². The molecule has 1 aromatic rings. The molecule has 0 aliphatic rings. The minimum atomic E-state index is 0.728. The number of nitrogens with zero attached hydrogens (tertiary/aromatic N) is 1. The van der Waals surface area contributed by atoms with Gasteiger partial charge in [-0.25, -0.2) is 0 Å². The van der Waals surface area contributed by atoms with E-state index in [1.165, 1.54) is 11.1 Å². The van der Waals surface area contributed by atoms with Gasteiger partial charge < -0.3 is 0 Å². The summed E-state index contributed by atoms with van der Waals surface area (Å²) in [5.41, 5.74) is 4.21. The first-order valence-electron chi connectivity index (χ1n) is 4.39. The molecule has 1 aromatic carbocycles. The van der Waals surface area contributed by atoms with Crippen LogP contribution in [0.1, 0.15) is 23.6 Å². The summed E-state index contributed by atoms with van der Waals surface area (Å²) >= 11 is 3.51. The van der Waals surface area contributed by atoms with Crippen LogP contribution in [0.15, 0.2) is 22.2 Å². The molecule has 0 fully saturated rings. The fourth-order valence-electron chi connectivity index (χ4n) is 1.35. The van der Waals surface area contributed by atoms with E-state index in [1.807, 2.05) is 13.0 Å². The van der Waals surface area contributed by atoms with E-state index in [0.29, 0.717) is 0 Å². The zero-order chi connectivity index (χ0) is 10.7. The highest BCUT2D eigenvalue weighted by molar-refractivity contribution is 9.10. The van der Waals surface area contributed by atoms with E-state index in [1.54, 1.807) is 0 Å². The average Bonchev–Trinajstić information content (AvgIpc) is 2.14. The smallest absolute Gasteiger partial charge is 0.0944 e. The van der Waals surface area contributed by atoms with Crippen molar-refractivity contribution in [3.8, 4) is 6.07 Å². The Hall–Kier alpha value is -1.07. The summed E-state index contributed by atoms with van der Waals surface area (Å²) in [5, 5.41) is 8.66. The summed E-state index contributed by atoms with van der Waals surface area (Å²) in [4.78, 5) is 0. The minimum Gasteiger partial charge on any atom is -0.193 e. The lowest BCUT2D eigenvalue weighted by molar-refractivity contribution is 1.33. The van der Waals surface area contributed by atoms with Gasteiger partial charge in [0.25, 0.3) is 0 Å². The zero-order valence-electron chi connectivity index (χ0n) is 8.56. The van der Waals surface area contributed by atoms with Crippen molar-refractivity contribution in [2.45, 2.75) is 20.8 Å². The van der Waals surface area contributed by atoms with Crippen molar-refractivity contribution in [2.24, 2.45) is 0 Å². The molecule has 0 aliphatic heterocycles. The lowest BCUT2D eigenvalue weighted by Crippen LogP contribution is -1.84. The van der Waals surface area contributed by atoms with Crippen LogP contribution in [0, 0.1) is 25.2 Å². The van der Waals surface area contributed by atoms with E-state index in [-0.39, 0.29) is 0 Å². The molecule has 0 amide bonds. The third kappa shape index (κ3) is 2.46. The highest BCUT2D eigenvalue weighted by Gasteiger charge is 2.00. The van der Waals surface area contributed by atoms with Crippen molar-refractivity contribution in [1.82, 2.24) is 0 Å². The van der Waals surface area contributed by atoms with Gasteiger partial charge in [-0.05, 0) is 43.5 Å². The molecular formula is C12H12BrN. The Kier molecular flexibility index (Phi) is 3.49. The van der Waals surface area contributed by atoms with Gasteiger partial charge in [0, 0.05) is 10.0 Å². The Bertz CT molecular complexity index is 401. The number of halogens is 1. The van der Waals surface area contributed by atoms with E-state index >= 15 is 0 Å². The molecule has 72 valence electrons. The van der Waals surface area contributed by atoms with Crippen molar-refractivity contribution < 1.29 is 0 Å². The number of hydrogen-bond acceptors (Lipinski definition) is 1. The van der Waals surface area contributed by atoms with Crippen LogP contribution in [0.25, 0.3) is 6.08 Å². The van der Waals surface area contributed by atoms with Crippen LogP contribution in [-0.2, 0) is 0 Å². The molecule has 0 unspecified atom stereocenters. The minimum absolute atomic E-state index is 0.728. The second kappa shape index (κ2) is 4.43. The number of allylic oxidation sites excluding steroid dienone is 1. The van der Waals surface area contributed by atoms with Crippen LogP contribution in [0.4, 0.5) is 0 Å². The van der Waals surface area contributed by atoms with E-state index in [0.717, 1.165) is 15.6 Å².